The normalized spacial score (nSPS) is 16.4. The molecule has 2 aromatic rings. The highest BCUT2D eigenvalue weighted by Gasteiger charge is 2.29. The number of nitrogens with one attached hydrogen (secondary N) is 1. The molecule has 28 heavy (non-hydrogen) atoms. The Kier molecular flexibility index (Phi) is 5.87. The Morgan fingerprint density at radius 1 is 1.32 bits per heavy atom. The maximum absolute atomic E-state index is 12.5. The van der Waals surface area contributed by atoms with E-state index in [0.717, 1.165) is 0 Å². The van der Waals surface area contributed by atoms with Crippen LogP contribution in [0.4, 0.5) is 0 Å². The first-order valence-electron chi connectivity index (χ1n) is 8.18. The molecule has 0 bridgehead atoms. The SMILES string of the molecule is CON=C(CNS(=O)(=O)c1ccc(Cl)cc1)c1ccc2c(c1)CC(C(=O)O)O2. The molecule has 148 valence electrons. The topological polar surface area (TPSA) is 114 Å². The van der Waals surface area contributed by atoms with Gasteiger partial charge in [0.25, 0.3) is 0 Å². The molecule has 1 aliphatic rings. The molecule has 0 amide bonds. The van der Waals surface area contributed by atoms with E-state index in [-0.39, 0.29) is 17.9 Å². The van der Waals surface area contributed by atoms with Crippen LogP contribution in [0, 0.1) is 0 Å². The summed E-state index contributed by atoms with van der Waals surface area (Å²) in [6.45, 7) is -0.124. The van der Waals surface area contributed by atoms with Crippen LogP contribution in [0.2, 0.25) is 5.02 Å². The molecular weight excluding hydrogens is 408 g/mol. The van der Waals surface area contributed by atoms with Crippen molar-refractivity contribution in [3.63, 3.8) is 0 Å². The molecule has 2 aromatic carbocycles. The van der Waals surface area contributed by atoms with Gasteiger partial charge in [-0.05, 0) is 48.0 Å². The second kappa shape index (κ2) is 8.17. The van der Waals surface area contributed by atoms with Crippen molar-refractivity contribution in [1.82, 2.24) is 4.72 Å². The number of carbonyl (C=O) groups is 1. The van der Waals surface area contributed by atoms with Crippen molar-refractivity contribution >= 4 is 33.3 Å². The number of sulfonamides is 1. The van der Waals surface area contributed by atoms with Crippen LogP contribution >= 0.6 is 11.6 Å². The lowest BCUT2D eigenvalue weighted by atomic mass is 10.0. The third-order valence-corrected chi connectivity index (χ3v) is 5.77. The summed E-state index contributed by atoms with van der Waals surface area (Å²) in [6.07, 6.45) is -0.716. The first-order chi connectivity index (χ1) is 13.3. The van der Waals surface area contributed by atoms with Crippen molar-refractivity contribution in [2.75, 3.05) is 13.7 Å². The Morgan fingerprint density at radius 3 is 2.68 bits per heavy atom. The predicted octanol–water partition coefficient (Wildman–Crippen LogP) is 2.06. The Labute approximate surface area is 166 Å². The number of hydrogen-bond donors (Lipinski definition) is 2. The minimum Gasteiger partial charge on any atom is -0.478 e. The molecule has 10 heteroatoms. The number of oxime groups is 1. The number of ether oxygens (including phenoxy) is 1. The molecule has 0 aliphatic carbocycles. The van der Waals surface area contributed by atoms with Crippen LogP contribution in [0.3, 0.4) is 0 Å². The number of benzene rings is 2. The quantitative estimate of drug-likeness (QED) is 0.519. The average Bonchev–Trinajstić information content (AvgIpc) is 3.09. The number of aliphatic carboxylic acids is 1. The molecule has 0 saturated carbocycles. The number of carboxylic acids is 1. The summed E-state index contributed by atoms with van der Waals surface area (Å²) in [5.74, 6) is -0.561. The number of fused-ring (bicyclic) bond motifs is 1. The Morgan fingerprint density at radius 2 is 2.04 bits per heavy atom. The van der Waals surface area contributed by atoms with Gasteiger partial charge in [0, 0.05) is 17.0 Å². The number of halogens is 1. The molecule has 0 fully saturated rings. The number of carboxylic acid groups (broad SMARTS) is 1. The van der Waals surface area contributed by atoms with Gasteiger partial charge < -0.3 is 14.7 Å². The van der Waals surface area contributed by atoms with Gasteiger partial charge in [-0.1, -0.05) is 16.8 Å². The maximum Gasteiger partial charge on any atom is 0.345 e. The van der Waals surface area contributed by atoms with Crippen LogP contribution < -0.4 is 9.46 Å². The third kappa shape index (κ3) is 4.44. The Balaban J connectivity index is 1.78. The van der Waals surface area contributed by atoms with Crippen molar-refractivity contribution in [3.8, 4) is 5.75 Å². The second-order valence-corrected chi connectivity index (χ2v) is 8.17. The van der Waals surface area contributed by atoms with Crippen molar-refractivity contribution in [2.45, 2.75) is 17.4 Å². The average molecular weight is 425 g/mol. The minimum absolute atomic E-state index is 0.0697. The summed E-state index contributed by atoms with van der Waals surface area (Å²) in [4.78, 5) is 16.0. The molecule has 0 radical (unpaired) electrons. The van der Waals surface area contributed by atoms with E-state index >= 15 is 0 Å². The van der Waals surface area contributed by atoms with Gasteiger partial charge >= 0.3 is 5.97 Å². The van der Waals surface area contributed by atoms with E-state index in [1.54, 1.807) is 18.2 Å². The van der Waals surface area contributed by atoms with Crippen LogP contribution in [0.5, 0.6) is 5.75 Å². The van der Waals surface area contributed by atoms with Gasteiger partial charge in [-0.3, -0.25) is 0 Å². The maximum atomic E-state index is 12.5. The first kappa shape index (κ1) is 20.1. The van der Waals surface area contributed by atoms with Gasteiger partial charge in [-0.2, -0.15) is 0 Å². The molecule has 1 aliphatic heterocycles. The predicted molar refractivity (Wildman–Crippen MR) is 102 cm³/mol. The van der Waals surface area contributed by atoms with E-state index < -0.39 is 22.1 Å². The summed E-state index contributed by atoms with van der Waals surface area (Å²) in [5, 5.41) is 13.4. The highest BCUT2D eigenvalue weighted by atomic mass is 35.5. The van der Waals surface area contributed by atoms with E-state index in [9.17, 15) is 13.2 Å². The van der Waals surface area contributed by atoms with Crippen molar-refractivity contribution in [3.05, 3.63) is 58.6 Å². The fraction of sp³-hybridized carbons (Fsp3) is 0.222. The monoisotopic (exact) mass is 424 g/mol. The van der Waals surface area contributed by atoms with Crippen LogP contribution in [0.15, 0.2) is 52.5 Å². The van der Waals surface area contributed by atoms with E-state index in [2.05, 4.69) is 9.88 Å². The molecule has 1 unspecified atom stereocenters. The molecule has 1 atom stereocenters. The fourth-order valence-electron chi connectivity index (χ4n) is 2.72. The zero-order chi connectivity index (χ0) is 20.3. The summed E-state index contributed by atoms with van der Waals surface area (Å²) in [7, 11) is -2.43. The summed E-state index contributed by atoms with van der Waals surface area (Å²) >= 11 is 5.79. The molecule has 2 N–H and O–H groups in total. The number of nitrogens with zero attached hydrogens (tertiary/aromatic N) is 1. The van der Waals surface area contributed by atoms with Gasteiger partial charge in [0.1, 0.15) is 18.6 Å². The van der Waals surface area contributed by atoms with Gasteiger partial charge in [0.05, 0.1) is 11.4 Å². The molecule has 3 rings (SSSR count). The number of rotatable bonds is 7. The highest BCUT2D eigenvalue weighted by Crippen LogP contribution is 2.30. The highest BCUT2D eigenvalue weighted by molar-refractivity contribution is 7.89. The lowest BCUT2D eigenvalue weighted by Gasteiger charge is -2.10. The van der Waals surface area contributed by atoms with E-state index in [4.69, 9.17) is 26.3 Å². The molecule has 0 saturated heterocycles. The van der Waals surface area contributed by atoms with E-state index in [0.29, 0.717) is 27.6 Å². The van der Waals surface area contributed by atoms with Crippen LogP contribution in [-0.2, 0) is 26.1 Å². The number of hydrogen-bond acceptors (Lipinski definition) is 6. The first-order valence-corrected chi connectivity index (χ1v) is 10.0. The summed E-state index contributed by atoms with van der Waals surface area (Å²) in [5.41, 5.74) is 1.63. The third-order valence-electron chi connectivity index (χ3n) is 4.10. The van der Waals surface area contributed by atoms with Crippen molar-refractivity contribution in [1.29, 1.82) is 0 Å². The van der Waals surface area contributed by atoms with Crippen molar-refractivity contribution in [2.24, 2.45) is 5.16 Å². The molecular formula is C18H17ClN2O6S. The molecule has 8 nitrogen and oxygen atoms in total. The minimum atomic E-state index is -3.78. The fourth-order valence-corrected chi connectivity index (χ4v) is 3.84. The van der Waals surface area contributed by atoms with Gasteiger partial charge in [-0.25, -0.2) is 17.9 Å². The van der Waals surface area contributed by atoms with E-state index in [1.165, 1.54) is 31.4 Å². The van der Waals surface area contributed by atoms with Gasteiger partial charge in [0.15, 0.2) is 6.10 Å². The largest absolute Gasteiger partial charge is 0.478 e. The van der Waals surface area contributed by atoms with Gasteiger partial charge in [0.2, 0.25) is 10.0 Å². The molecule has 1 heterocycles. The van der Waals surface area contributed by atoms with Crippen LogP contribution in [0.25, 0.3) is 0 Å². The van der Waals surface area contributed by atoms with Gasteiger partial charge in [-0.15, -0.1) is 0 Å². The van der Waals surface area contributed by atoms with Crippen LogP contribution in [0.1, 0.15) is 11.1 Å². The van der Waals surface area contributed by atoms with E-state index in [1.807, 2.05) is 0 Å². The Bertz CT molecular complexity index is 1020. The smallest absolute Gasteiger partial charge is 0.345 e. The molecule has 0 aromatic heterocycles. The standard InChI is InChI=1S/C18H17ClN2O6S/c1-26-21-15(10-20-28(24,25)14-5-3-13(19)4-6-14)11-2-7-16-12(8-11)9-17(27-16)18(22)23/h2-8,17,20H,9-10H2,1H3,(H,22,23). The van der Waals surface area contributed by atoms with Crippen molar-refractivity contribution < 1.29 is 27.9 Å². The van der Waals surface area contributed by atoms with Crippen LogP contribution in [-0.4, -0.2) is 45.0 Å². The zero-order valence-corrected chi connectivity index (χ0v) is 16.3. The lowest BCUT2D eigenvalue weighted by molar-refractivity contribution is -0.144. The molecule has 0 spiro atoms. The summed E-state index contributed by atoms with van der Waals surface area (Å²) < 4.78 is 32.7. The lowest BCUT2D eigenvalue weighted by Crippen LogP contribution is -2.30. The zero-order valence-electron chi connectivity index (χ0n) is 14.8. The summed E-state index contributed by atoms with van der Waals surface area (Å²) in [6, 6.07) is 10.8. The second-order valence-electron chi connectivity index (χ2n) is 5.97. The Hall–Kier alpha value is -2.62.